The quantitative estimate of drug-likeness (QED) is 0.136. The van der Waals surface area contributed by atoms with E-state index >= 15 is 0 Å². The molecule has 2 nitrogen and oxygen atoms in total. The van der Waals surface area contributed by atoms with Crippen LogP contribution in [0.25, 0.3) is 0 Å². The molecule has 0 aliphatic heterocycles. The molecule has 0 aromatic carbocycles. The predicted molar refractivity (Wildman–Crippen MR) is 119 cm³/mol. The van der Waals surface area contributed by atoms with Gasteiger partial charge in [-0.1, -0.05) is 24.8 Å². The summed E-state index contributed by atoms with van der Waals surface area (Å²) in [5.74, 6) is -3.68. The number of rotatable bonds is 3. The van der Waals surface area contributed by atoms with Crippen molar-refractivity contribution in [1.29, 1.82) is 0 Å². The van der Waals surface area contributed by atoms with E-state index < -0.39 is 71.8 Å². The summed E-state index contributed by atoms with van der Waals surface area (Å²) in [5, 5.41) is 8.36. The maximum atomic E-state index is 11.8. The molecule has 0 aromatic rings. The highest BCUT2D eigenvalue weighted by atomic mass is 35.8. The molecule has 24 heteroatoms. The number of ketones is 1. The highest BCUT2D eigenvalue weighted by Crippen LogP contribution is 2.45. The van der Waals surface area contributed by atoms with Gasteiger partial charge in [-0.2, -0.15) is 79.0 Å². The first-order chi connectivity index (χ1) is 18.1. The first kappa shape index (κ1) is 50.4. The second kappa shape index (κ2) is 19.9. The van der Waals surface area contributed by atoms with E-state index in [9.17, 15) is 83.8 Å². The molecule has 1 N–H and O–H groups in total. The van der Waals surface area contributed by atoms with Gasteiger partial charge in [0, 0.05) is 6.42 Å². The molecule has 0 spiro atoms. The molecule has 0 saturated carbocycles. The van der Waals surface area contributed by atoms with Crippen molar-refractivity contribution in [2.75, 3.05) is 0 Å². The SMILES string of the molecule is C=CC.C=CC=C(C(F)(F)F)C(F)(F)F.C=CCC(O)(C(F)(F)F)C(F)(F)F.O=C(C(F)(F)F)C(F)(F)F.[Cl][Al]([Cl])[Cl]. The first-order valence-corrected chi connectivity index (χ1v) is 14.4. The third-order valence-electron chi connectivity index (χ3n) is 2.79. The number of allylic oxidation sites excluding steroid dienone is 4. The molecule has 0 radical (unpaired) electrons. The molecule has 0 aliphatic rings. The minimum absolute atomic E-state index is 0.111. The summed E-state index contributed by atoms with van der Waals surface area (Å²) >= 11 is -1.72. The topological polar surface area (TPSA) is 37.3 Å². The van der Waals surface area contributed by atoms with E-state index in [0.29, 0.717) is 12.2 Å². The van der Waals surface area contributed by atoms with Crippen molar-refractivity contribution in [3.63, 3.8) is 0 Å². The van der Waals surface area contributed by atoms with Gasteiger partial charge in [-0.05, 0) is 13.0 Å². The van der Waals surface area contributed by atoms with Crippen molar-refractivity contribution in [2.24, 2.45) is 0 Å². The zero-order chi connectivity index (χ0) is 35.8. The number of halogens is 21. The molecule has 0 unspecified atom stereocenters. The van der Waals surface area contributed by atoms with Crippen molar-refractivity contribution in [2.45, 2.75) is 56.0 Å². The Labute approximate surface area is 241 Å². The minimum atomic E-state index is -5.82. The van der Waals surface area contributed by atoms with Gasteiger partial charge in [0.05, 0.1) is 0 Å². The normalized spacial score (nSPS) is 12.2. The van der Waals surface area contributed by atoms with Crippen LogP contribution in [0.5, 0.6) is 0 Å². The Kier molecular flexibility index (Phi) is 23.9. The second-order valence-electron chi connectivity index (χ2n) is 6.14. The number of hydrogen-bond donors (Lipinski definition) is 1. The number of carbonyl (C=O) groups is 1. The van der Waals surface area contributed by atoms with Crippen LogP contribution in [0.15, 0.2) is 49.6 Å². The Morgan fingerprint density at radius 2 is 0.905 bits per heavy atom. The van der Waals surface area contributed by atoms with Gasteiger partial charge in [0.2, 0.25) is 0 Å². The van der Waals surface area contributed by atoms with E-state index in [-0.39, 0.29) is 6.08 Å². The van der Waals surface area contributed by atoms with Crippen LogP contribution < -0.4 is 0 Å². The van der Waals surface area contributed by atoms with Crippen molar-refractivity contribution >= 4 is 47.3 Å². The minimum Gasteiger partial charge on any atom is -0.373 e. The number of hydrogen-bond acceptors (Lipinski definition) is 2. The average Bonchev–Trinajstić information content (AvgIpc) is 2.68. The molecular formula is C18H16AlCl3F18O2. The largest absolute Gasteiger partial charge is 0.643 e. The Bertz CT molecular complexity index is 787. The lowest BCUT2D eigenvalue weighted by molar-refractivity contribution is -0.366. The van der Waals surface area contributed by atoms with Gasteiger partial charge < -0.3 is 5.11 Å². The molecule has 0 fully saturated rings. The van der Waals surface area contributed by atoms with Crippen molar-refractivity contribution in [3.8, 4) is 0 Å². The maximum Gasteiger partial charge on any atom is 0.643 e. The van der Waals surface area contributed by atoms with Crippen LogP contribution in [0.1, 0.15) is 13.3 Å². The lowest BCUT2D eigenvalue weighted by atomic mass is 9.98. The van der Waals surface area contributed by atoms with Crippen LogP contribution in [0, 0.1) is 0 Å². The lowest BCUT2D eigenvalue weighted by Crippen LogP contribution is -2.56. The van der Waals surface area contributed by atoms with E-state index in [2.05, 4.69) is 19.7 Å². The van der Waals surface area contributed by atoms with Crippen molar-refractivity contribution in [1.82, 2.24) is 0 Å². The van der Waals surface area contributed by atoms with Crippen molar-refractivity contribution < 1.29 is 88.9 Å². The summed E-state index contributed by atoms with van der Waals surface area (Å²) in [4.78, 5) is 9.24. The maximum absolute atomic E-state index is 11.8. The molecule has 0 saturated heterocycles. The highest BCUT2D eigenvalue weighted by molar-refractivity contribution is 7.54. The molecule has 0 aromatic heterocycles. The first-order valence-electron chi connectivity index (χ1n) is 9.17. The molecule has 42 heavy (non-hydrogen) atoms. The molecule has 0 rings (SSSR count). The standard InChI is InChI=1S/C6H6F6O.C6H4F6.C3F6O.C3H6.Al.3ClH/c1-2-3-4(13,5(7,8)9)6(10,11)12;1-2-3-4(5(7,8)9)6(10,11)12;4-2(5,6)1(10)3(7,8)9;1-3-2;;;;/h2,13H,1,3H2;2-3H,1H2;;3H,1H2,2H3;;3*1H/q;;;;+3;;;/p-3. The zero-order valence-corrected chi connectivity index (χ0v) is 23.4. The molecule has 0 heterocycles. The summed E-state index contributed by atoms with van der Waals surface area (Å²) in [7, 11) is 14.8. The van der Waals surface area contributed by atoms with Gasteiger partial charge in [0.15, 0.2) is 0 Å². The summed E-state index contributed by atoms with van der Waals surface area (Å²) in [5.41, 5.74) is -7.24. The van der Waals surface area contributed by atoms with Crippen LogP contribution in [0.3, 0.4) is 0 Å². The number of carbonyl (C=O) groups excluding carboxylic acids is 1. The van der Waals surface area contributed by atoms with Gasteiger partial charge in [-0.25, -0.2) is 30.1 Å². The van der Waals surface area contributed by atoms with E-state index in [1.807, 2.05) is 6.92 Å². The Balaban J connectivity index is -0.000000147. The fraction of sp³-hybridized carbons (Fsp3) is 0.500. The van der Waals surface area contributed by atoms with Gasteiger partial charge in [0.1, 0.15) is 5.57 Å². The summed E-state index contributed by atoms with van der Waals surface area (Å²) in [6.07, 6.45) is -33.1. The van der Waals surface area contributed by atoms with E-state index in [1.54, 1.807) is 6.08 Å². The summed E-state index contributed by atoms with van der Waals surface area (Å²) < 4.78 is 205. The third-order valence-corrected chi connectivity index (χ3v) is 2.79. The molecule has 250 valence electrons. The van der Waals surface area contributed by atoms with Gasteiger partial charge in [0.25, 0.3) is 5.60 Å². The highest BCUT2D eigenvalue weighted by Gasteiger charge is 2.69. The van der Waals surface area contributed by atoms with E-state index in [4.69, 9.17) is 35.3 Å². The van der Waals surface area contributed by atoms with Crippen LogP contribution >= 0.6 is 30.1 Å². The second-order valence-corrected chi connectivity index (χ2v) is 12.6. The smallest absolute Gasteiger partial charge is 0.373 e. The fourth-order valence-electron chi connectivity index (χ4n) is 1.23. The van der Waals surface area contributed by atoms with E-state index in [1.165, 1.54) is 0 Å². The fourth-order valence-corrected chi connectivity index (χ4v) is 1.23. The Morgan fingerprint density at radius 3 is 0.952 bits per heavy atom. The molecule has 0 aliphatic carbocycles. The van der Waals surface area contributed by atoms with Crippen LogP contribution in [0.4, 0.5) is 79.0 Å². The summed E-state index contributed by atoms with van der Waals surface area (Å²) in [6, 6.07) is 0. The van der Waals surface area contributed by atoms with Crippen LogP contribution in [-0.2, 0) is 4.79 Å². The van der Waals surface area contributed by atoms with Crippen LogP contribution in [-0.4, -0.2) is 64.9 Å². The van der Waals surface area contributed by atoms with Crippen molar-refractivity contribution in [3.05, 3.63) is 49.6 Å². The Hall–Kier alpha value is -1.27. The van der Waals surface area contributed by atoms with Gasteiger partial charge in [-0.15, -0.1) is 13.2 Å². The average molecular weight is 740 g/mol. The number of aliphatic hydroxyl groups is 1. The molecule has 0 amide bonds. The summed E-state index contributed by atoms with van der Waals surface area (Å²) in [6.45, 7) is 10.7. The van der Waals surface area contributed by atoms with Gasteiger partial charge in [-0.3, -0.25) is 4.79 Å². The number of alkyl halides is 18. The zero-order valence-electron chi connectivity index (χ0n) is 20.0. The monoisotopic (exact) mass is 738 g/mol. The lowest BCUT2D eigenvalue weighted by Gasteiger charge is -2.31. The Morgan fingerprint density at radius 1 is 0.667 bits per heavy atom. The molecule has 0 atom stereocenters. The molecular weight excluding hydrogens is 724 g/mol. The predicted octanol–water partition coefficient (Wildman–Crippen LogP) is 10.2. The van der Waals surface area contributed by atoms with Crippen LogP contribution in [0.2, 0.25) is 0 Å². The van der Waals surface area contributed by atoms with E-state index in [0.717, 1.165) is 0 Å². The number of Topliss-reactive ketones (excluding diaryl/α,β-unsaturated/α-hetero) is 1. The third kappa shape index (κ3) is 24.2. The molecule has 0 bridgehead atoms. The van der Waals surface area contributed by atoms with Gasteiger partial charge >= 0.3 is 54.2 Å².